The minimum absolute atomic E-state index is 0.0168. The third kappa shape index (κ3) is 5.26. The van der Waals surface area contributed by atoms with Crippen molar-refractivity contribution in [3.63, 3.8) is 0 Å². The molecular formula is C11H14F2N2O2. The lowest BCUT2D eigenvalue weighted by Gasteiger charge is -2.07. The Morgan fingerprint density at radius 3 is 2.41 bits per heavy atom. The van der Waals surface area contributed by atoms with Gasteiger partial charge < -0.3 is 15.2 Å². The summed E-state index contributed by atoms with van der Waals surface area (Å²) in [6.07, 6.45) is -2.45. The van der Waals surface area contributed by atoms with Crippen molar-refractivity contribution < 1.29 is 18.3 Å². The van der Waals surface area contributed by atoms with E-state index in [0.29, 0.717) is 11.3 Å². The van der Waals surface area contributed by atoms with Crippen molar-refractivity contribution in [3.8, 4) is 5.75 Å². The second-order valence-electron chi connectivity index (χ2n) is 3.25. The Hall–Kier alpha value is -1.69. The fourth-order valence-corrected chi connectivity index (χ4v) is 1.12. The van der Waals surface area contributed by atoms with E-state index in [4.69, 9.17) is 15.9 Å². The van der Waals surface area contributed by atoms with E-state index in [-0.39, 0.29) is 19.0 Å². The molecule has 0 aliphatic carbocycles. The smallest absolute Gasteiger partial charge is 0.261 e. The quantitative estimate of drug-likeness (QED) is 0.435. The Morgan fingerprint density at radius 2 is 1.88 bits per heavy atom. The second kappa shape index (κ2) is 6.80. The molecule has 94 valence electrons. The maximum Gasteiger partial charge on any atom is 0.261 e. The zero-order valence-electron chi connectivity index (χ0n) is 9.16. The number of nitrogens with one attached hydrogen (secondary N) is 1. The summed E-state index contributed by atoms with van der Waals surface area (Å²) in [5, 5.41) is 7.18. The van der Waals surface area contributed by atoms with E-state index in [1.807, 2.05) is 0 Å². The van der Waals surface area contributed by atoms with Crippen molar-refractivity contribution in [3.05, 3.63) is 29.8 Å². The van der Waals surface area contributed by atoms with Crippen LogP contribution in [-0.2, 0) is 4.74 Å². The van der Waals surface area contributed by atoms with Crippen molar-refractivity contribution in [2.75, 3.05) is 19.8 Å². The van der Waals surface area contributed by atoms with E-state index < -0.39 is 13.0 Å². The van der Waals surface area contributed by atoms with Crippen LogP contribution >= 0.6 is 0 Å². The Balaban J connectivity index is 2.25. The molecule has 0 unspecified atom stereocenters. The highest BCUT2D eigenvalue weighted by Gasteiger charge is 2.01. The molecule has 0 fully saturated rings. The first-order chi connectivity index (χ1) is 8.09. The van der Waals surface area contributed by atoms with E-state index in [0.717, 1.165) is 0 Å². The fourth-order valence-electron chi connectivity index (χ4n) is 1.12. The van der Waals surface area contributed by atoms with E-state index >= 15 is 0 Å². The summed E-state index contributed by atoms with van der Waals surface area (Å²) in [6, 6.07) is 6.61. The summed E-state index contributed by atoms with van der Waals surface area (Å²) >= 11 is 0. The second-order valence-corrected chi connectivity index (χ2v) is 3.25. The molecule has 0 saturated carbocycles. The largest absolute Gasteiger partial charge is 0.491 e. The monoisotopic (exact) mass is 244 g/mol. The minimum Gasteiger partial charge on any atom is -0.491 e. The SMILES string of the molecule is N=C(N)c1ccc(OCCOCC(F)F)cc1. The maximum absolute atomic E-state index is 11.7. The highest BCUT2D eigenvalue weighted by Crippen LogP contribution is 2.11. The van der Waals surface area contributed by atoms with Crippen LogP contribution in [-0.4, -0.2) is 32.1 Å². The first-order valence-electron chi connectivity index (χ1n) is 5.02. The average Bonchev–Trinajstić information content (AvgIpc) is 2.29. The lowest BCUT2D eigenvalue weighted by Crippen LogP contribution is -2.12. The number of nitrogens with two attached hydrogens (primary N) is 1. The van der Waals surface area contributed by atoms with E-state index in [2.05, 4.69) is 4.74 Å². The number of benzene rings is 1. The van der Waals surface area contributed by atoms with Gasteiger partial charge in [0.2, 0.25) is 0 Å². The van der Waals surface area contributed by atoms with Crippen LogP contribution in [0.1, 0.15) is 5.56 Å². The molecule has 0 bridgehead atoms. The minimum atomic E-state index is -2.45. The van der Waals surface area contributed by atoms with Gasteiger partial charge in [-0.25, -0.2) is 8.78 Å². The maximum atomic E-state index is 11.7. The van der Waals surface area contributed by atoms with E-state index in [9.17, 15) is 8.78 Å². The molecular weight excluding hydrogens is 230 g/mol. The molecule has 3 N–H and O–H groups in total. The first-order valence-corrected chi connectivity index (χ1v) is 5.02. The number of hydrogen-bond donors (Lipinski definition) is 2. The summed E-state index contributed by atoms with van der Waals surface area (Å²) in [5.74, 6) is 0.562. The molecule has 1 aromatic carbocycles. The van der Waals surface area contributed by atoms with Crippen molar-refractivity contribution >= 4 is 5.84 Å². The number of rotatable bonds is 7. The Labute approximate surface area is 97.8 Å². The highest BCUT2D eigenvalue weighted by atomic mass is 19.3. The molecule has 17 heavy (non-hydrogen) atoms. The number of hydrogen-bond acceptors (Lipinski definition) is 3. The first kappa shape index (κ1) is 13.4. The van der Waals surface area contributed by atoms with Gasteiger partial charge in [-0.1, -0.05) is 0 Å². The molecule has 4 nitrogen and oxygen atoms in total. The summed E-state index contributed by atoms with van der Waals surface area (Å²) in [5.41, 5.74) is 5.89. The van der Waals surface area contributed by atoms with Gasteiger partial charge in [0.1, 0.15) is 24.8 Å². The summed E-state index contributed by atoms with van der Waals surface area (Å²) < 4.78 is 33.3. The molecule has 0 aliphatic rings. The normalized spacial score (nSPS) is 10.5. The molecule has 0 aliphatic heterocycles. The number of halogens is 2. The Bertz CT molecular complexity index is 355. The zero-order chi connectivity index (χ0) is 12.7. The van der Waals surface area contributed by atoms with Crippen molar-refractivity contribution in [1.29, 1.82) is 5.41 Å². The van der Waals surface area contributed by atoms with E-state index in [1.54, 1.807) is 24.3 Å². The van der Waals surface area contributed by atoms with Crippen molar-refractivity contribution in [2.45, 2.75) is 6.43 Å². The predicted molar refractivity (Wildman–Crippen MR) is 59.8 cm³/mol. The van der Waals surface area contributed by atoms with Crippen molar-refractivity contribution in [1.82, 2.24) is 0 Å². The molecule has 1 rings (SSSR count). The van der Waals surface area contributed by atoms with Gasteiger partial charge in [-0.2, -0.15) is 0 Å². The molecule has 1 aromatic rings. The van der Waals surface area contributed by atoms with Crippen LogP contribution in [0.15, 0.2) is 24.3 Å². The molecule has 0 saturated heterocycles. The lowest BCUT2D eigenvalue weighted by atomic mass is 10.2. The van der Waals surface area contributed by atoms with Crippen LogP contribution in [0.4, 0.5) is 8.78 Å². The summed E-state index contributed by atoms with van der Waals surface area (Å²) in [4.78, 5) is 0. The Morgan fingerprint density at radius 1 is 1.24 bits per heavy atom. The van der Waals surface area contributed by atoms with Crippen LogP contribution in [0.2, 0.25) is 0 Å². The summed E-state index contributed by atoms with van der Waals surface area (Å²) in [7, 11) is 0. The fraction of sp³-hybridized carbons (Fsp3) is 0.364. The lowest BCUT2D eigenvalue weighted by molar-refractivity contribution is 0.00763. The number of amidine groups is 1. The third-order valence-electron chi connectivity index (χ3n) is 1.91. The van der Waals surface area contributed by atoms with Gasteiger partial charge >= 0.3 is 0 Å². The molecule has 0 spiro atoms. The standard InChI is InChI=1S/C11H14F2N2O2/c12-10(13)7-16-5-6-17-9-3-1-8(2-4-9)11(14)15/h1-4,10H,5-7H2,(H3,14,15). The molecule has 0 radical (unpaired) electrons. The molecule has 0 amide bonds. The predicted octanol–water partition coefficient (Wildman–Crippen LogP) is 1.63. The molecule has 0 heterocycles. The van der Waals surface area contributed by atoms with Gasteiger partial charge in [0.05, 0.1) is 6.61 Å². The number of nitrogen functional groups attached to an aromatic ring is 1. The van der Waals surface area contributed by atoms with Crippen molar-refractivity contribution in [2.24, 2.45) is 5.73 Å². The molecule has 0 atom stereocenters. The van der Waals surface area contributed by atoms with Gasteiger partial charge in [-0.05, 0) is 24.3 Å². The van der Waals surface area contributed by atoms with Crippen LogP contribution in [0.3, 0.4) is 0 Å². The van der Waals surface area contributed by atoms with Crippen LogP contribution in [0.5, 0.6) is 5.75 Å². The number of ether oxygens (including phenoxy) is 2. The molecule has 6 heteroatoms. The Kier molecular flexibility index (Phi) is 5.35. The topological polar surface area (TPSA) is 68.3 Å². The van der Waals surface area contributed by atoms with Crippen LogP contribution in [0.25, 0.3) is 0 Å². The van der Waals surface area contributed by atoms with Gasteiger partial charge in [0.25, 0.3) is 6.43 Å². The zero-order valence-corrected chi connectivity index (χ0v) is 9.16. The highest BCUT2D eigenvalue weighted by molar-refractivity contribution is 5.94. The number of alkyl halides is 2. The van der Waals surface area contributed by atoms with Gasteiger partial charge in [-0.3, -0.25) is 5.41 Å². The van der Waals surface area contributed by atoms with E-state index in [1.165, 1.54) is 0 Å². The van der Waals surface area contributed by atoms with Crippen LogP contribution in [0, 0.1) is 5.41 Å². The van der Waals surface area contributed by atoms with Gasteiger partial charge in [0.15, 0.2) is 0 Å². The van der Waals surface area contributed by atoms with Gasteiger partial charge in [0, 0.05) is 5.56 Å². The summed E-state index contributed by atoms with van der Waals surface area (Å²) in [6.45, 7) is -0.266. The molecule has 0 aromatic heterocycles. The average molecular weight is 244 g/mol. The van der Waals surface area contributed by atoms with Gasteiger partial charge in [-0.15, -0.1) is 0 Å². The third-order valence-corrected chi connectivity index (χ3v) is 1.91. The van der Waals surface area contributed by atoms with Crippen LogP contribution < -0.4 is 10.5 Å².